The van der Waals surface area contributed by atoms with Gasteiger partial charge in [0, 0.05) is 31.6 Å². The van der Waals surface area contributed by atoms with Gasteiger partial charge in [-0.05, 0) is 36.8 Å². The number of carbonyl (C=O) groups excluding carboxylic acids is 1. The van der Waals surface area contributed by atoms with Crippen molar-refractivity contribution in [1.82, 2.24) is 15.5 Å². The van der Waals surface area contributed by atoms with Crippen LogP contribution in [0.3, 0.4) is 0 Å². The molecule has 5 nitrogen and oxygen atoms in total. The summed E-state index contributed by atoms with van der Waals surface area (Å²) in [6.07, 6.45) is 8.01. The van der Waals surface area contributed by atoms with Crippen LogP contribution in [0.25, 0.3) is 0 Å². The fourth-order valence-electron chi connectivity index (χ4n) is 3.15. The Bertz CT molecular complexity index is 567. The summed E-state index contributed by atoms with van der Waals surface area (Å²) in [4.78, 5) is 19.7. The second-order valence-corrected chi connectivity index (χ2v) is 7.39. The van der Waals surface area contributed by atoms with Crippen LogP contribution in [0.2, 0.25) is 0 Å². The molecule has 6 heteroatoms. The molecule has 0 bridgehead atoms. The maximum absolute atomic E-state index is 12.1. The van der Waals surface area contributed by atoms with Crippen molar-refractivity contribution in [3.63, 3.8) is 0 Å². The van der Waals surface area contributed by atoms with Gasteiger partial charge in [-0.1, -0.05) is 31.4 Å². The van der Waals surface area contributed by atoms with Crippen LogP contribution < -0.4 is 10.6 Å². The van der Waals surface area contributed by atoms with Crippen molar-refractivity contribution in [2.75, 3.05) is 26.9 Å². The zero-order valence-electron chi connectivity index (χ0n) is 15.5. The summed E-state index contributed by atoms with van der Waals surface area (Å²) >= 11 is 1.74. The first-order valence-corrected chi connectivity index (χ1v) is 10.2. The summed E-state index contributed by atoms with van der Waals surface area (Å²) in [5.74, 6) is 0.776. The van der Waals surface area contributed by atoms with E-state index in [2.05, 4.69) is 46.1 Å². The van der Waals surface area contributed by atoms with E-state index in [4.69, 9.17) is 0 Å². The van der Waals surface area contributed by atoms with Gasteiger partial charge in [0.25, 0.3) is 0 Å². The number of rotatable bonds is 6. The average molecular weight is 363 g/mol. The van der Waals surface area contributed by atoms with Gasteiger partial charge in [0.2, 0.25) is 5.91 Å². The van der Waals surface area contributed by atoms with E-state index >= 15 is 0 Å². The molecule has 0 radical (unpaired) electrons. The molecule has 2 N–H and O–H groups in total. The molecule has 0 unspecified atom stereocenters. The molecule has 0 aromatic heterocycles. The van der Waals surface area contributed by atoms with Crippen molar-refractivity contribution in [1.29, 1.82) is 0 Å². The fraction of sp³-hybridized carbons (Fsp3) is 0.579. The lowest BCUT2D eigenvalue weighted by molar-refractivity contribution is -0.120. The first kappa shape index (κ1) is 19.6. The van der Waals surface area contributed by atoms with Gasteiger partial charge in [-0.2, -0.15) is 0 Å². The van der Waals surface area contributed by atoms with Crippen molar-refractivity contribution in [3.8, 4) is 0 Å². The topological polar surface area (TPSA) is 56.7 Å². The highest BCUT2D eigenvalue weighted by molar-refractivity contribution is 7.98. The minimum atomic E-state index is 0.0470. The van der Waals surface area contributed by atoms with E-state index in [-0.39, 0.29) is 12.5 Å². The predicted octanol–water partition coefficient (Wildman–Crippen LogP) is 2.86. The zero-order chi connectivity index (χ0) is 18.1. The van der Waals surface area contributed by atoms with E-state index in [9.17, 15) is 4.79 Å². The van der Waals surface area contributed by atoms with E-state index in [1.54, 1.807) is 18.8 Å². The van der Waals surface area contributed by atoms with Crippen LogP contribution >= 0.6 is 11.8 Å². The Morgan fingerprint density at radius 1 is 1.24 bits per heavy atom. The van der Waals surface area contributed by atoms with E-state index in [0.29, 0.717) is 6.04 Å². The Morgan fingerprint density at radius 3 is 2.52 bits per heavy atom. The molecule has 0 aliphatic heterocycles. The second kappa shape index (κ2) is 10.3. The summed E-state index contributed by atoms with van der Waals surface area (Å²) in [5.41, 5.74) is 1.22. The van der Waals surface area contributed by atoms with Gasteiger partial charge >= 0.3 is 0 Å². The quantitative estimate of drug-likeness (QED) is 0.464. The van der Waals surface area contributed by atoms with Crippen molar-refractivity contribution in [3.05, 3.63) is 29.8 Å². The van der Waals surface area contributed by atoms with Crippen LogP contribution in [0.4, 0.5) is 0 Å². The third-order valence-electron chi connectivity index (χ3n) is 4.53. The molecule has 2 rings (SSSR count). The molecule has 138 valence electrons. The number of amides is 1. The Labute approximate surface area is 155 Å². The Hall–Kier alpha value is -1.69. The van der Waals surface area contributed by atoms with Crippen molar-refractivity contribution < 1.29 is 4.79 Å². The maximum atomic E-state index is 12.1. The van der Waals surface area contributed by atoms with Crippen molar-refractivity contribution >= 4 is 23.6 Å². The zero-order valence-corrected chi connectivity index (χ0v) is 16.4. The van der Waals surface area contributed by atoms with Gasteiger partial charge < -0.3 is 15.5 Å². The third kappa shape index (κ3) is 6.61. The van der Waals surface area contributed by atoms with Crippen LogP contribution in [0.15, 0.2) is 34.2 Å². The average Bonchev–Trinajstić information content (AvgIpc) is 2.63. The van der Waals surface area contributed by atoms with Crippen LogP contribution in [-0.2, 0) is 11.3 Å². The highest BCUT2D eigenvalue weighted by atomic mass is 32.2. The number of nitrogens with zero attached hydrogens (tertiary/aromatic N) is 2. The normalized spacial score (nSPS) is 15.7. The minimum absolute atomic E-state index is 0.0470. The van der Waals surface area contributed by atoms with Crippen LogP contribution in [0.5, 0.6) is 0 Å². The smallest absolute Gasteiger partial charge is 0.239 e. The highest BCUT2D eigenvalue weighted by Gasteiger charge is 2.16. The number of aliphatic imine (C=N–C) groups is 1. The number of hydrogen-bond acceptors (Lipinski definition) is 3. The molecule has 25 heavy (non-hydrogen) atoms. The van der Waals surface area contributed by atoms with Gasteiger partial charge in [0.15, 0.2) is 5.96 Å². The SMILES string of the molecule is CN=C(NCC(=O)NC1CCCCC1)N(C)Cc1ccc(SC)cc1. The van der Waals surface area contributed by atoms with E-state index in [1.165, 1.54) is 29.7 Å². The summed E-state index contributed by atoms with van der Waals surface area (Å²) in [6, 6.07) is 8.86. The minimum Gasteiger partial charge on any atom is -0.352 e. The molecule has 1 aliphatic rings. The lowest BCUT2D eigenvalue weighted by Crippen LogP contribution is -2.46. The molecule has 1 aromatic rings. The predicted molar refractivity (Wildman–Crippen MR) is 106 cm³/mol. The molecular formula is C19H30N4OS. The standard InChI is InChI=1S/C19H30N4OS/c1-20-19(21-13-18(24)22-16-7-5-4-6-8-16)23(2)14-15-9-11-17(25-3)12-10-15/h9-12,16H,4-8,13-14H2,1-3H3,(H,20,21)(H,22,24). The molecule has 0 atom stereocenters. The highest BCUT2D eigenvalue weighted by Crippen LogP contribution is 2.17. The number of thioether (sulfide) groups is 1. The third-order valence-corrected chi connectivity index (χ3v) is 5.27. The Morgan fingerprint density at radius 2 is 1.92 bits per heavy atom. The van der Waals surface area contributed by atoms with Gasteiger partial charge in [-0.25, -0.2) is 0 Å². The summed E-state index contributed by atoms with van der Waals surface area (Å²) in [5, 5.41) is 6.28. The number of benzene rings is 1. The van der Waals surface area contributed by atoms with Gasteiger partial charge in [0.05, 0.1) is 6.54 Å². The first-order valence-electron chi connectivity index (χ1n) is 8.96. The number of guanidine groups is 1. The molecule has 1 aliphatic carbocycles. The Balaban J connectivity index is 1.78. The maximum Gasteiger partial charge on any atom is 0.239 e. The second-order valence-electron chi connectivity index (χ2n) is 6.51. The van der Waals surface area contributed by atoms with Gasteiger partial charge in [-0.15, -0.1) is 11.8 Å². The lowest BCUT2D eigenvalue weighted by Gasteiger charge is -2.24. The molecule has 1 saturated carbocycles. The monoisotopic (exact) mass is 362 g/mol. The van der Waals surface area contributed by atoms with E-state index < -0.39 is 0 Å². The van der Waals surface area contributed by atoms with Crippen molar-refractivity contribution in [2.45, 2.75) is 49.6 Å². The van der Waals surface area contributed by atoms with Gasteiger partial charge in [-0.3, -0.25) is 9.79 Å². The number of nitrogens with one attached hydrogen (secondary N) is 2. The first-order chi connectivity index (χ1) is 12.1. The largest absolute Gasteiger partial charge is 0.352 e. The van der Waals surface area contributed by atoms with Crippen LogP contribution in [0, 0.1) is 0 Å². The molecule has 1 aromatic carbocycles. The molecular weight excluding hydrogens is 332 g/mol. The number of hydrogen-bond donors (Lipinski definition) is 2. The van der Waals surface area contributed by atoms with Crippen LogP contribution in [-0.4, -0.2) is 49.7 Å². The fourth-order valence-corrected chi connectivity index (χ4v) is 3.56. The van der Waals surface area contributed by atoms with Crippen LogP contribution in [0.1, 0.15) is 37.7 Å². The van der Waals surface area contributed by atoms with Gasteiger partial charge in [0.1, 0.15) is 0 Å². The summed E-state index contributed by atoms with van der Waals surface area (Å²) in [6.45, 7) is 1.01. The van der Waals surface area contributed by atoms with E-state index in [0.717, 1.165) is 25.3 Å². The molecule has 0 heterocycles. The molecule has 1 fully saturated rings. The molecule has 1 amide bonds. The molecule has 0 spiro atoms. The number of carbonyl (C=O) groups is 1. The molecule has 0 saturated heterocycles. The van der Waals surface area contributed by atoms with Crippen molar-refractivity contribution in [2.24, 2.45) is 4.99 Å². The summed E-state index contributed by atoms with van der Waals surface area (Å²) < 4.78 is 0. The lowest BCUT2D eigenvalue weighted by atomic mass is 9.95. The summed E-state index contributed by atoms with van der Waals surface area (Å²) in [7, 11) is 3.73. The van der Waals surface area contributed by atoms with E-state index in [1.807, 2.05) is 11.9 Å². The Kier molecular flexibility index (Phi) is 8.12.